The highest BCUT2D eigenvalue weighted by Gasteiger charge is 2.10. The number of rotatable bonds is 6. The number of amides is 1. The first-order valence-corrected chi connectivity index (χ1v) is 7.19. The van der Waals surface area contributed by atoms with Crippen LogP contribution >= 0.6 is 0 Å². The number of carboxylic acid groups (broad SMARTS) is 1. The molecule has 23 heavy (non-hydrogen) atoms. The zero-order valence-corrected chi connectivity index (χ0v) is 12.7. The Kier molecular flexibility index (Phi) is 5.25. The van der Waals surface area contributed by atoms with Crippen molar-refractivity contribution in [1.29, 1.82) is 0 Å². The fourth-order valence-electron chi connectivity index (χ4n) is 2.03. The van der Waals surface area contributed by atoms with Crippen molar-refractivity contribution < 1.29 is 19.5 Å². The monoisotopic (exact) mass is 311 g/mol. The van der Waals surface area contributed by atoms with Crippen LogP contribution in [0.4, 0.5) is 5.69 Å². The molecule has 0 aromatic heterocycles. The Bertz CT molecular complexity index is 718. The molecule has 0 fully saturated rings. The minimum atomic E-state index is -1.02. The van der Waals surface area contributed by atoms with E-state index >= 15 is 0 Å². The third kappa shape index (κ3) is 4.78. The zero-order chi connectivity index (χ0) is 16.8. The Labute approximate surface area is 134 Å². The van der Waals surface area contributed by atoms with E-state index in [4.69, 9.17) is 5.11 Å². The van der Waals surface area contributed by atoms with Crippen LogP contribution in [0, 0.1) is 6.92 Å². The third-order valence-electron chi connectivity index (χ3n) is 3.37. The summed E-state index contributed by atoms with van der Waals surface area (Å²) in [7, 11) is 0. The predicted octanol–water partition coefficient (Wildman–Crippen LogP) is 3.29. The van der Waals surface area contributed by atoms with Crippen LogP contribution in [0.25, 0.3) is 0 Å². The average molecular weight is 311 g/mol. The lowest BCUT2D eigenvalue weighted by molar-refractivity contribution is -0.116. The number of anilines is 1. The molecule has 2 N–H and O–H groups in total. The second kappa shape index (κ2) is 7.35. The van der Waals surface area contributed by atoms with Crippen LogP contribution in [0.5, 0.6) is 0 Å². The molecule has 0 saturated carbocycles. The minimum Gasteiger partial charge on any atom is -0.478 e. The molecular formula is C18H17NO4. The topological polar surface area (TPSA) is 83.5 Å². The highest BCUT2D eigenvalue weighted by molar-refractivity contribution is 6.00. The number of hydrogen-bond acceptors (Lipinski definition) is 3. The molecule has 2 aromatic rings. The maximum Gasteiger partial charge on any atom is 0.335 e. The highest BCUT2D eigenvalue weighted by atomic mass is 16.4. The van der Waals surface area contributed by atoms with Crippen molar-refractivity contribution in [3.8, 4) is 0 Å². The molecule has 0 heterocycles. The molecule has 0 atom stereocenters. The smallest absolute Gasteiger partial charge is 0.335 e. The third-order valence-corrected chi connectivity index (χ3v) is 3.37. The molecule has 0 bridgehead atoms. The summed E-state index contributed by atoms with van der Waals surface area (Å²) in [5, 5.41) is 11.4. The van der Waals surface area contributed by atoms with Crippen LogP contribution in [-0.4, -0.2) is 22.8 Å². The summed E-state index contributed by atoms with van der Waals surface area (Å²) in [5.74, 6) is -1.39. The second-order valence-corrected chi connectivity index (χ2v) is 5.22. The summed E-state index contributed by atoms with van der Waals surface area (Å²) in [6, 6.07) is 13.1. The summed E-state index contributed by atoms with van der Waals surface area (Å²) in [5.41, 5.74) is 2.32. The average Bonchev–Trinajstić information content (AvgIpc) is 2.54. The van der Waals surface area contributed by atoms with E-state index < -0.39 is 5.97 Å². The zero-order valence-electron chi connectivity index (χ0n) is 12.7. The molecule has 0 aliphatic heterocycles. The Morgan fingerprint density at radius 3 is 2.00 bits per heavy atom. The van der Waals surface area contributed by atoms with Gasteiger partial charge in [0.05, 0.1) is 5.56 Å². The van der Waals surface area contributed by atoms with Crippen LogP contribution in [-0.2, 0) is 4.79 Å². The van der Waals surface area contributed by atoms with E-state index in [0.717, 1.165) is 5.56 Å². The number of aryl methyl sites for hydroxylation is 1. The maximum absolute atomic E-state index is 12.0. The van der Waals surface area contributed by atoms with Crippen molar-refractivity contribution in [2.45, 2.75) is 19.8 Å². The van der Waals surface area contributed by atoms with E-state index in [1.807, 2.05) is 19.1 Å². The summed E-state index contributed by atoms with van der Waals surface area (Å²) < 4.78 is 0. The lowest BCUT2D eigenvalue weighted by Crippen LogP contribution is -2.13. The first-order valence-electron chi connectivity index (χ1n) is 7.19. The molecule has 5 heteroatoms. The molecule has 2 aromatic carbocycles. The van der Waals surface area contributed by atoms with Gasteiger partial charge in [0.1, 0.15) is 0 Å². The molecule has 0 unspecified atom stereocenters. The lowest BCUT2D eigenvalue weighted by Gasteiger charge is -2.05. The molecule has 1 amide bonds. The van der Waals surface area contributed by atoms with Crippen LogP contribution in [0.3, 0.4) is 0 Å². The fourth-order valence-corrected chi connectivity index (χ4v) is 2.03. The van der Waals surface area contributed by atoms with Crippen molar-refractivity contribution in [3.63, 3.8) is 0 Å². The number of hydrogen-bond donors (Lipinski definition) is 2. The highest BCUT2D eigenvalue weighted by Crippen LogP contribution is 2.12. The SMILES string of the molecule is Cc1ccc(C(=O)CCC(=O)Nc2ccc(C(=O)O)cc2)cc1. The first kappa shape index (κ1) is 16.4. The number of ketones is 1. The molecule has 0 aliphatic rings. The number of benzene rings is 2. The minimum absolute atomic E-state index is 0.0768. The Morgan fingerprint density at radius 1 is 0.870 bits per heavy atom. The maximum atomic E-state index is 12.0. The first-order chi connectivity index (χ1) is 11.0. The van der Waals surface area contributed by atoms with Gasteiger partial charge < -0.3 is 10.4 Å². The number of carbonyl (C=O) groups is 3. The van der Waals surface area contributed by atoms with Crippen LogP contribution < -0.4 is 5.32 Å². The summed E-state index contributed by atoms with van der Waals surface area (Å²) in [6.45, 7) is 1.94. The van der Waals surface area contributed by atoms with Gasteiger partial charge in [-0.15, -0.1) is 0 Å². The van der Waals surface area contributed by atoms with Gasteiger partial charge in [0, 0.05) is 24.1 Å². The van der Waals surface area contributed by atoms with Gasteiger partial charge in [-0.1, -0.05) is 29.8 Å². The van der Waals surface area contributed by atoms with Crippen molar-refractivity contribution in [3.05, 3.63) is 65.2 Å². The van der Waals surface area contributed by atoms with Gasteiger partial charge in [-0.2, -0.15) is 0 Å². The number of nitrogens with one attached hydrogen (secondary N) is 1. The Hall–Kier alpha value is -2.95. The van der Waals surface area contributed by atoms with Crippen molar-refractivity contribution >= 4 is 23.3 Å². The predicted molar refractivity (Wildman–Crippen MR) is 86.8 cm³/mol. The second-order valence-electron chi connectivity index (χ2n) is 5.22. The largest absolute Gasteiger partial charge is 0.478 e. The fraction of sp³-hybridized carbons (Fsp3) is 0.167. The normalized spacial score (nSPS) is 10.1. The molecule has 2 rings (SSSR count). The van der Waals surface area contributed by atoms with E-state index in [0.29, 0.717) is 11.3 Å². The quantitative estimate of drug-likeness (QED) is 0.802. The van der Waals surface area contributed by atoms with Crippen LogP contribution in [0.1, 0.15) is 39.1 Å². The Morgan fingerprint density at radius 2 is 1.43 bits per heavy atom. The molecule has 0 aliphatic carbocycles. The van der Waals surface area contributed by atoms with Crippen LogP contribution in [0.2, 0.25) is 0 Å². The molecule has 5 nitrogen and oxygen atoms in total. The van der Waals surface area contributed by atoms with E-state index in [2.05, 4.69) is 5.32 Å². The standard InChI is InChI=1S/C18H17NO4/c1-12-2-4-13(5-3-12)16(20)10-11-17(21)19-15-8-6-14(7-9-15)18(22)23/h2-9H,10-11H2,1H3,(H,19,21)(H,22,23). The molecule has 118 valence electrons. The van der Waals surface area contributed by atoms with E-state index in [1.165, 1.54) is 24.3 Å². The van der Waals surface area contributed by atoms with Gasteiger partial charge in [-0.25, -0.2) is 4.79 Å². The number of aromatic carboxylic acids is 1. The van der Waals surface area contributed by atoms with Gasteiger partial charge in [-0.05, 0) is 31.2 Å². The van der Waals surface area contributed by atoms with Gasteiger partial charge in [0.2, 0.25) is 5.91 Å². The van der Waals surface area contributed by atoms with Gasteiger partial charge in [0.15, 0.2) is 5.78 Å². The summed E-state index contributed by atoms with van der Waals surface area (Å²) in [6.07, 6.45) is 0.204. The van der Waals surface area contributed by atoms with Gasteiger partial charge in [-0.3, -0.25) is 9.59 Å². The van der Waals surface area contributed by atoms with E-state index in [-0.39, 0.29) is 30.1 Å². The number of Topliss-reactive ketones (excluding diaryl/α,β-unsaturated/α-hetero) is 1. The summed E-state index contributed by atoms with van der Waals surface area (Å²) >= 11 is 0. The Balaban J connectivity index is 1.86. The lowest BCUT2D eigenvalue weighted by atomic mass is 10.0. The van der Waals surface area contributed by atoms with Crippen LogP contribution in [0.15, 0.2) is 48.5 Å². The molecule has 0 radical (unpaired) electrons. The van der Waals surface area contributed by atoms with Crippen molar-refractivity contribution in [2.75, 3.05) is 5.32 Å². The van der Waals surface area contributed by atoms with E-state index in [9.17, 15) is 14.4 Å². The number of carbonyl (C=O) groups excluding carboxylic acids is 2. The van der Waals surface area contributed by atoms with Crippen molar-refractivity contribution in [2.24, 2.45) is 0 Å². The van der Waals surface area contributed by atoms with Gasteiger partial charge in [0.25, 0.3) is 0 Å². The van der Waals surface area contributed by atoms with Crippen molar-refractivity contribution in [1.82, 2.24) is 0 Å². The summed E-state index contributed by atoms with van der Waals surface area (Å²) in [4.78, 5) is 34.6. The van der Waals surface area contributed by atoms with Gasteiger partial charge >= 0.3 is 5.97 Å². The number of carboxylic acids is 1. The molecular weight excluding hydrogens is 294 g/mol. The molecule has 0 spiro atoms. The van der Waals surface area contributed by atoms with E-state index in [1.54, 1.807) is 12.1 Å². The molecule has 0 saturated heterocycles.